The summed E-state index contributed by atoms with van der Waals surface area (Å²) in [5.41, 5.74) is 4.70. The van der Waals surface area contributed by atoms with Crippen molar-refractivity contribution in [2.24, 2.45) is 0 Å². The van der Waals surface area contributed by atoms with E-state index in [0.29, 0.717) is 23.7 Å². The minimum atomic E-state index is -0.559. The van der Waals surface area contributed by atoms with Crippen LogP contribution in [0.5, 0.6) is 0 Å². The van der Waals surface area contributed by atoms with Crippen LogP contribution < -0.4 is 10.6 Å². The first-order chi connectivity index (χ1) is 14.4. The van der Waals surface area contributed by atoms with E-state index in [-0.39, 0.29) is 5.91 Å². The number of aromatic nitrogens is 7. The van der Waals surface area contributed by atoms with Gasteiger partial charge in [0.1, 0.15) is 0 Å². The van der Waals surface area contributed by atoms with Gasteiger partial charge in [0.2, 0.25) is 11.9 Å². The molecule has 30 heavy (non-hydrogen) atoms. The number of benzene rings is 1. The van der Waals surface area contributed by atoms with E-state index >= 15 is 0 Å². The highest BCUT2D eigenvalue weighted by Crippen LogP contribution is 2.38. The van der Waals surface area contributed by atoms with Gasteiger partial charge in [0.25, 0.3) is 0 Å². The van der Waals surface area contributed by atoms with Gasteiger partial charge >= 0.3 is 0 Å². The van der Waals surface area contributed by atoms with Crippen molar-refractivity contribution in [3.63, 3.8) is 0 Å². The van der Waals surface area contributed by atoms with E-state index in [1.54, 1.807) is 23.3 Å². The van der Waals surface area contributed by atoms with Crippen LogP contribution in [0.3, 0.4) is 0 Å². The zero-order chi connectivity index (χ0) is 20.9. The number of hydrogen-bond acceptors (Lipinski definition) is 8. The molecule has 0 fully saturated rings. The third-order valence-corrected chi connectivity index (χ3v) is 5.19. The molecule has 150 valence electrons. The lowest BCUT2D eigenvalue weighted by Gasteiger charge is -2.14. The molecule has 1 aliphatic rings. The van der Waals surface area contributed by atoms with E-state index in [0.717, 1.165) is 28.3 Å². The summed E-state index contributed by atoms with van der Waals surface area (Å²) in [4.78, 5) is 29.6. The Morgan fingerprint density at radius 1 is 1.13 bits per heavy atom. The number of carbonyl (C=O) groups is 1. The minimum Gasteiger partial charge on any atom is -0.348 e. The van der Waals surface area contributed by atoms with Gasteiger partial charge in [-0.3, -0.25) is 14.8 Å². The van der Waals surface area contributed by atoms with Crippen molar-refractivity contribution in [2.45, 2.75) is 32.7 Å². The number of amides is 1. The fourth-order valence-corrected chi connectivity index (χ4v) is 3.38. The van der Waals surface area contributed by atoms with E-state index < -0.39 is 5.41 Å². The van der Waals surface area contributed by atoms with Crippen molar-refractivity contribution >= 4 is 28.7 Å². The normalized spacial score (nSPS) is 14.6. The molecule has 4 aromatic rings. The summed E-state index contributed by atoms with van der Waals surface area (Å²) < 4.78 is 1.63. The van der Waals surface area contributed by atoms with E-state index in [4.69, 9.17) is 0 Å². The molecule has 4 heterocycles. The molecule has 0 atom stereocenters. The third-order valence-electron chi connectivity index (χ3n) is 5.19. The molecular weight excluding hydrogens is 382 g/mol. The Balaban J connectivity index is 1.46. The number of aryl methyl sites for hydroxylation is 1. The van der Waals surface area contributed by atoms with Gasteiger partial charge in [0.05, 0.1) is 41.4 Å². The van der Waals surface area contributed by atoms with Crippen LogP contribution in [-0.4, -0.2) is 40.8 Å². The van der Waals surface area contributed by atoms with E-state index in [1.165, 1.54) is 0 Å². The van der Waals surface area contributed by atoms with Crippen molar-refractivity contribution in [3.8, 4) is 5.69 Å². The van der Waals surface area contributed by atoms with Crippen LogP contribution in [0.1, 0.15) is 30.8 Å². The smallest absolute Gasteiger partial charge is 0.234 e. The van der Waals surface area contributed by atoms with Crippen molar-refractivity contribution in [1.82, 2.24) is 34.9 Å². The quantitative estimate of drug-likeness (QED) is 0.533. The standard InChI is InChI=1S/C20H19N9O/c1-11-7-22-12(8-21-11)9-23-19-24-10-16-17(26-19)29(28-27-16)13-4-5-14-15(6-13)25-18(30)20(14,2)3/h4-8,10H,9H2,1-3H3,(H,25,30)(H,23,24,26). The zero-order valence-corrected chi connectivity index (χ0v) is 16.7. The molecule has 0 bridgehead atoms. The number of nitrogens with zero attached hydrogens (tertiary/aromatic N) is 7. The maximum atomic E-state index is 12.2. The first-order valence-electron chi connectivity index (χ1n) is 9.48. The summed E-state index contributed by atoms with van der Waals surface area (Å²) >= 11 is 0. The summed E-state index contributed by atoms with van der Waals surface area (Å²) in [5, 5.41) is 14.5. The van der Waals surface area contributed by atoms with Crippen LogP contribution in [-0.2, 0) is 16.8 Å². The molecule has 10 heteroatoms. The molecule has 1 amide bonds. The van der Waals surface area contributed by atoms with E-state index in [1.807, 2.05) is 39.0 Å². The van der Waals surface area contributed by atoms with Crippen LogP contribution in [0.25, 0.3) is 16.9 Å². The first-order valence-corrected chi connectivity index (χ1v) is 9.48. The SMILES string of the molecule is Cc1cnc(CNc2ncc3nnn(-c4ccc5c(c4)NC(=O)C5(C)C)c3n2)cn1. The Kier molecular flexibility index (Phi) is 3.95. The summed E-state index contributed by atoms with van der Waals surface area (Å²) in [5.74, 6) is 0.412. The topological polar surface area (TPSA) is 123 Å². The van der Waals surface area contributed by atoms with Crippen LogP contribution >= 0.6 is 0 Å². The minimum absolute atomic E-state index is 0.0221. The molecule has 10 nitrogen and oxygen atoms in total. The average Bonchev–Trinajstić information content (AvgIpc) is 3.25. The van der Waals surface area contributed by atoms with Gasteiger partial charge in [0, 0.05) is 11.9 Å². The van der Waals surface area contributed by atoms with Crippen molar-refractivity contribution in [1.29, 1.82) is 0 Å². The highest BCUT2D eigenvalue weighted by molar-refractivity contribution is 6.05. The summed E-state index contributed by atoms with van der Waals surface area (Å²) in [6.07, 6.45) is 5.05. The second-order valence-corrected chi connectivity index (χ2v) is 7.72. The maximum absolute atomic E-state index is 12.2. The molecule has 5 rings (SSSR count). The monoisotopic (exact) mass is 401 g/mol. The van der Waals surface area contributed by atoms with Crippen molar-refractivity contribution in [2.75, 3.05) is 10.6 Å². The van der Waals surface area contributed by atoms with E-state index in [9.17, 15) is 4.79 Å². The molecule has 0 saturated heterocycles. The average molecular weight is 401 g/mol. The van der Waals surface area contributed by atoms with Crippen LogP contribution in [0, 0.1) is 6.92 Å². The Morgan fingerprint density at radius 3 is 2.80 bits per heavy atom. The van der Waals surface area contributed by atoms with Gasteiger partial charge in [-0.2, -0.15) is 9.67 Å². The molecule has 0 saturated carbocycles. The number of hydrogen-bond donors (Lipinski definition) is 2. The summed E-state index contributed by atoms with van der Waals surface area (Å²) in [6.45, 7) is 6.14. The second-order valence-electron chi connectivity index (χ2n) is 7.72. The Labute approximate surface area is 171 Å². The third kappa shape index (κ3) is 2.93. The number of nitrogens with one attached hydrogen (secondary N) is 2. The fourth-order valence-electron chi connectivity index (χ4n) is 3.38. The second kappa shape index (κ2) is 6.55. The highest BCUT2D eigenvalue weighted by atomic mass is 16.2. The predicted octanol–water partition coefficient (Wildman–Crippen LogP) is 2.15. The highest BCUT2D eigenvalue weighted by Gasteiger charge is 2.38. The molecule has 0 radical (unpaired) electrons. The van der Waals surface area contributed by atoms with E-state index in [2.05, 4.69) is 40.9 Å². The van der Waals surface area contributed by atoms with Gasteiger partial charge in [0.15, 0.2) is 11.2 Å². The molecule has 0 spiro atoms. The lowest BCUT2D eigenvalue weighted by atomic mass is 9.86. The van der Waals surface area contributed by atoms with Gasteiger partial charge in [-0.1, -0.05) is 11.3 Å². The van der Waals surface area contributed by atoms with Crippen molar-refractivity contribution < 1.29 is 4.79 Å². The van der Waals surface area contributed by atoms with Gasteiger partial charge in [-0.15, -0.1) is 5.10 Å². The number of anilines is 2. The molecular formula is C20H19N9O. The first kappa shape index (κ1) is 18.1. The van der Waals surface area contributed by atoms with Gasteiger partial charge < -0.3 is 10.6 Å². The zero-order valence-electron chi connectivity index (χ0n) is 16.7. The lowest BCUT2D eigenvalue weighted by Crippen LogP contribution is -2.26. The van der Waals surface area contributed by atoms with Crippen LogP contribution in [0.2, 0.25) is 0 Å². The number of fused-ring (bicyclic) bond motifs is 2. The molecule has 1 aromatic carbocycles. The Hall–Kier alpha value is -3.95. The Morgan fingerprint density at radius 2 is 2.00 bits per heavy atom. The van der Waals surface area contributed by atoms with Gasteiger partial charge in [-0.05, 0) is 38.5 Å². The summed E-state index contributed by atoms with van der Waals surface area (Å²) in [7, 11) is 0. The lowest BCUT2D eigenvalue weighted by molar-refractivity contribution is -0.119. The molecule has 2 N–H and O–H groups in total. The predicted molar refractivity (Wildman–Crippen MR) is 110 cm³/mol. The number of carbonyl (C=O) groups excluding carboxylic acids is 1. The summed E-state index contributed by atoms with van der Waals surface area (Å²) in [6, 6.07) is 5.73. The largest absolute Gasteiger partial charge is 0.348 e. The maximum Gasteiger partial charge on any atom is 0.234 e. The number of rotatable bonds is 4. The van der Waals surface area contributed by atoms with Gasteiger partial charge in [-0.25, -0.2) is 4.98 Å². The Bertz CT molecular complexity index is 1280. The molecule has 0 unspecified atom stereocenters. The fraction of sp³-hybridized carbons (Fsp3) is 0.250. The van der Waals surface area contributed by atoms with Crippen LogP contribution in [0.15, 0.2) is 36.8 Å². The molecule has 3 aromatic heterocycles. The van der Waals surface area contributed by atoms with Crippen molar-refractivity contribution in [3.05, 3.63) is 53.7 Å². The molecule has 0 aliphatic carbocycles. The molecule has 1 aliphatic heterocycles. The van der Waals surface area contributed by atoms with Crippen LogP contribution in [0.4, 0.5) is 11.6 Å².